The van der Waals surface area contributed by atoms with Crippen LogP contribution in [-0.2, 0) is 16.1 Å². The van der Waals surface area contributed by atoms with E-state index < -0.39 is 5.92 Å². The quantitative estimate of drug-likeness (QED) is 0.487. The first-order chi connectivity index (χ1) is 16.1. The summed E-state index contributed by atoms with van der Waals surface area (Å²) in [5, 5.41) is 10.5. The molecular formula is C26H24BrClN2O4. The Morgan fingerprint density at radius 3 is 2.65 bits per heavy atom. The number of ether oxygens (including phenoxy) is 3. The van der Waals surface area contributed by atoms with Crippen molar-refractivity contribution < 1.29 is 19.0 Å². The van der Waals surface area contributed by atoms with Crippen molar-refractivity contribution in [3.8, 4) is 17.6 Å². The summed E-state index contributed by atoms with van der Waals surface area (Å²) in [6.07, 6.45) is 0.946. The van der Waals surface area contributed by atoms with E-state index in [9.17, 15) is 10.1 Å². The van der Waals surface area contributed by atoms with E-state index in [1.807, 2.05) is 32.0 Å². The molecule has 6 nitrogen and oxygen atoms in total. The number of benzene rings is 2. The summed E-state index contributed by atoms with van der Waals surface area (Å²) in [7, 11) is 1.58. The molecule has 2 N–H and O–H groups in total. The zero-order valence-corrected chi connectivity index (χ0v) is 21.4. The van der Waals surface area contributed by atoms with Crippen molar-refractivity contribution in [2.45, 2.75) is 39.2 Å². The highest BCUT2D eigenvalue weighted by atomic mass is 79.9. The van der Waals surface area contributed by atoms with E-state index in [-0.39, 0.29) is 29.3 Å². The van der Waals surface area contributed by atoms with E-state index in [2.05, 4.69) is 22.0 Å². The lowest BCUT2D eigenvalue weighted by molar-refractivity contribution is -0.119. The molecule has 4 rings (SSSR count). The molecule has 1 aliphatic heterocycles. The molecule has 0 spiro atoms. The summed E-state index contributed by atoms with van der Waals surface area (Å²) in [6.45, 7) is 4.24. The molecule has 2 aliphatic rings. The van der Waals surface area contributed by atoms with Gasteiger partial charge in [-0.3, -0.25) is 4.79 Å². The zero-order valence-electron chi connectivity index (χ0n) is 19.1. The average Bonchev–Trinajstić information content (AvgIpc) is 2.76. The van der Waals surface area contributed by atoms with Crippen molar-refractivity contribution in [1.82, 2.24) is 0 Å². The number of ketones is 1. The van der Waals surface area contributed by atoms with Gasteiger partial charge in [0.1, 0.15) is 35.5 Å². The molecule has 176 valence electrons. The number of rotatable bonds is 5. The maximum atomic E-state index is 13.2. The molecular weight excluding hydrogens is 520 g/mol. The minimum Gasteiger partial charge on any atom is -0.496 e. The van der Waals surface area contributed by atoms with Gasteiger partial charge in [0, 0.05) is 29.0 Å². The van der Waals surface area contributed by atoms with Gasteiger partial charge in [-0.1, -0.05) is 31.5 Å². The predicted octanol–water partition coefficient (Wildman–Crippen LogP) is 6.14. The van der Waals surface area contributed by atoms with Crippen LogP contribution in [0.5, 0.6) is 11.5 Å². The molecule has 8 heteroatoms. The van der Waals surface area contributed by atoms with Crippen LogP contribution in [0.2, 0.25) is 5.02 Å². The highest BCUT2D eigenvalue weighted by Crippen LogP contribution is 2.48. The van der Waals surface area contributed by atoms with Gasteiger partial charge in [-0.2, -0.15) is 5.26 Å². The van der Waals surface area contributed by atoms with Crippen LogP contribution in [0.25, 0.3) is 0 Å². The minimum atomic E-state index is -0.607. The number of halogens is 2. The number of carbonyl (C=O) groups excluding carboxylic acids is 1. The van der Waals surface area contributed by atoms with Gasteiger partial charge in [0.2, 0.25) is 5.88 Å². The molecule has 0 saturated heterocycles. The lowest BCUT2D eigenvalue weighted by Crippen LogP contribution is -2.33. The Hall–Kier alpha value is -2.95. The second kappa shape index (κ2) is 9.36. The zero-order chi connectivity index (χ0) is 24.6. The van der Waals surface area contributed by atoms with E-state index in [0.717, 1.165) is 15.6 Å². The molecule has 1 atom stereocenters. The maximum Gasteiger partial charge on any atom is 0.205 e. The molecule has 0 fully saturated rings. The van der Waals surface area contributed by atoms with Gasteiger partial charge >= 0.3 is 0 Å². The number of carbonyl (C=O) groups is 1. The Kier molecular flexibility index (Phi) is 6.66. The van der Waals surface area contributed by atoms with Gasteiger partial charge in [-0.05, 0) is 57.2 Å². The van der Waals surface area contributed by atoms with E-state index in [4.69, 9.17) is 31.5 Å². The van der Waals surface area contributed by atoms with Crippen molar-refractivity contribution >= 4 is 33.3 Å². The summed E-state index contributed by atoms with van der Waals surface area (Å²) in [5.41, 5.74) is 8.14. The fourth-order valence-electron chi connectivity index (χ4n) is 4.46. The number of allylic oxidation sites excluding steroid dienone is 3. The van der Waals surface area contributed by atoms with E-state index >= 15 is 0 Å². The molecule has 0 radical (unpaired) electrons. The molecule has 0 bridgehead atoms. The minimum absolute atomic E-state index is 0.0322. The molecule has 0 saturated carbocycles. The first kappa shape index (κ1) is 24.2. The van der Waals surface area contributed by atoms with Crippen LogP contribution >= 0.6 is 27.5 Å². The van der Waals surface area contributed by atoms with Crippen molar-refractivity contribution in [2.75, 3.05) is 7.11 Å². The van der Waals surface area contributed by atoms with E-state index in [1.165, 1.54) is 0 Å². The Morgan fingerprint density at radius 2 is 1.97 bits per heavy atom. The second-order valence-electron chi connectivity index (χ2n) is 9.14. The normalized spacial score (nSPS) is 19.3. The van der Waals surface area contributed by atoms with Crippen molar-refractivity contribution in [1.29, 1.82) is 5.26 Å². The fourth-order valence-corrected chi connectivity index (χ4v) is 5.25. The summed E-state index contributed by atoms with van der Waals surface area (Å²) < 4.78 is 18.0. The molecule has 1 heterocycles. The topological polar surface area (TPSA) is 94.6 Å². The van der Waals surface area contributed by atoms with Gasteiger partial charge in [-0.15, -0.1) is 0 Å². The third kappa shape index (κ3) is 4.66. The van der Waals surface area contributed by atoms with Crippen molar-refractivity contribution in [3.05, 3.63) is 79.8 Å². The molecule has 34 heavy (non-hydrogen) atoms. The number of nitrogens with zero attached hydrogens (tertiary/aromatic N) is 1. The average molecular weight is 544 g/mol. The molecule has 2 aromatic rings. The fraction of sp³-hybridized carbons (Fsp3) is 0.308. The van der Waals surface area contributed by atoms with Crippen LogP contribution in [0, 0.1) is 16.7 Å². The van der Waals surface area contributed by atoms with Gasteiger partial charge in [0.15, 0.2) is 5.78 Å². The van der Waals surface area contributed by atoms with Crippen LogP contribution < -0.4 is 15.2 Å². The summed E-state index contributed by atoms with van der Waals surface area (Å²) >= 11 is 9.48. The number of Topliss-reactive ketones (excluding diaryl/α,β-unsaturated/α-hetero) is 1. The van der Waals surface area contributed by atoms with Gasteiger partial charge in [-0.25, -0.2) is 0 Å². The molecule has 0 unspecified atom stereocenters. The Morgan fingerprint density at radius 1 is 1.24 bits per heavy atom. The largest absolute Gasteiger partial charge is 0.496 e. The lowest BCUT2D eigenvalue weighted by atomic mass is 9.70. The SMILES string of the molecule is COc1ccc([C@@H]2C(C#N)=C(N)OC3=C2C(=O)CC(C)(C)C3)cc1COc1ccc(Cl)cc1Br. The number of hydrogen-bond acceptors (Lipinski definition) is 6. The summed E-state index contributed by atoms with van der Waals surface area (Å²) in [5.74, 6) is 1.19. The Labute approximate surface area is 212 Å². The second-order valence-corrected chi connectivity index (χ2v) is 10.4. The van der Waals surface area contributed by atoms with Gasteiger partial charge in [0.25, 0.3) is 0 Å². The highest BCUT2D eigenvalue weighted by molar-refractivity contribution is 9.10. The molecule has 0 amide bonds. The predicted molar refractivity (Wildman–Crippen MR) is 132 cm³/mol. The molecule has 2 aromatic carbocycles. The number of nitriles is 1. The van der Waals surface area contributed by atoms with Crippen LogP contribution in [0.3, 0.4) is 0 Å². The third-order valence-corrected chi connectivity index (χ3v) is 6.85. The molecule has 1 aliphatic carbocycles. The Balaban J connectivity index is 1.75. The molecule has 0 aromatic heterocycles. The first-order valence-corrected chi connectivity index (χ1v) is 11.9. The van der Waals surface area contributed by atoms with Gasteiger partial charge < -0.3 is 19.9 Å². The van der Waals surface area contributed by atoms with Gasteiger partial charge in [0.05, 0.1) is 17.5 Å². The first-order valence-electron chi connectivity index (χ1n) is 10.7. The number of hydrogen-bond donors (Lipinski definition) is 1. The maximum absolute atomic E-state index is 13.2. The third-order valence-electron chi connectivity index (χ3n) is 5.99. The standard InChI is InChI=1S/C26H24BrClN2O4/c1-26(2)10-19(31)24-22(11-26)34-25(30)17(12-29)23(24)14-4-6-20(32-3)15(8-14)13-33-21-7-5-16(28)9-18(21)27/h4-9,23H,10-11,13,30H2,1-3H3/t23-/m1/s1. The van der Waals surface area contributed by atoms with Crippen LogP contribution in [-0.4, -0.2) is 12.9 Å². The monoisotopic (exact) mass is 542 g/mol. The summed E-state index contributed by atoms with van der Waals surface area (Å²) in [4.78, 5) is 13.2. The number of methoxy groups -OCH3 is 1. The van der Waals surface area contributed by atoms with Crippen LogP contribution in [0.4, 0.5) is 0 Å². The van der Waals surface area contributed by atoms with E-state index in [0.29, 0.717) is 40.7 Å². The number of nitrogens with two attached hydrogens (primary N) is 1. The van der Waals surface area contributed by atoms with Crippen molar-refractivity contribution in [3.63, 3.8) is 0 Å². The summed E-state index contributed by atoms with van der Waals surface area (Å²) in [6, 6.07) is 13.0. The van der Waals surface area contributed by atoms with Crippen LogP contribution in [0.15, 0.2) is 63.7 Å². The highest BCUT2D eigenvalue weighted by Gasteiger charge is 2.43. The Bertz CT molecular complexity index is 1280. The van der Waals surface area contributed by atoms with Crippen LogP contribution in [0.1, 0.15) is 43.7 Å². The smallest absolute Gasteiger partial charge is 0.205 e. The lowest BCUT2D eigenvalue weighted by Gasteiger charge is -2.37. The van der Waals surface area contributed by atoms with Crippen molar-refractivity contribution in [2.24, 2.45) is 11.1 Å². The van der Waals surface area contributed by atoms with E-state index in [1.54, 1.807) is 25.3 Å².